The molecule has 2 aromatic rings. The lowest BCUT2D eigenvalue weighted by Gasteiger charge is -2.18. The third-order valence-electron chi connectivity index (χ3n) is 3.95. The molecule has 2 rings (SSSR count). The zero-order valence-corrected chi connectivity index (χ0v) is 17.4. The molecule has 0 bridgehead atoms. The smallest absolute Gasteiger partial charge is 0.333 e. The predicted molar refractivity (Wildman–Crippen MR) is 115 cm³/mol. The third kappa shape index (κ3) is 7.21. The maximum absolute atomic E-state index is 11.8. The number of methoxy groups -OCH3 is 1. The van der Waals surface area contributed by atoms with Crippen LogP contribution in [0.1, 0.15) is 13.8 Å². The lowest BCUT2D eigenvalue weighted by Crippen LogP contribution is -2.30. The van der Waals surface area contributed by atoms with Gasteiger partial charge in [0.2, 0.25) is 0 Å². The number of rotatable bonds is 12. The van der Waals surface area contributed by atoms with Crippen molar-refractivity contribution in [3.05, 3.63) is 54.6 Å². The number of carbonyl (C=O) groups is 1. The Balaban J connectivity index is 1.89. The first kappa shape index (κ1) is 22.9. The number of esters is 1. The van der Waals surface area contributed by atoms with Gasteiger partial charge in [0.25, 0.3) is 0 Å². The minimum atomic E-state index is -0.532. The number of hydrogen-bond donors (Lipinski definition) is 3. The van der Waals surface area contributed by atoms with Gasteiger partial charge in [-0.2, -0.15) is 0 Å². The molecule has 162 valence electrons. The normalized spacial score (nSPS) is 11.3. The zero-order valence-electron chi connectivity index (χ0n) is 17.4. The van der Waals surface area contributed by atoms with Crippen LogP contribution >= 0.6 is 0 Å². The molecule has 0 aromatic heterocycles. The van der Waals surface area contributed by atoms with Crippen LogP contribution in [0, 0.1) is 0 Å². The van der Waals surface area contributed by atoms with E-state index in [-0.39, 0.29) is 19.0 Å². The van der Waals surface area contributed by atoms with Crippen LogP contribution < -0.4 is 20.3 Å². The van der Waals surface area contributed by atoms with Gasteiger partial charge in [-0.15, -0.1) is 0 Å². The number of anilines is 2. The molecule has 8 heteroatoms. The Labute approximate surface area is 176 Å². The fourth-order valence-corrected chi connectivity index (χ4v) is 2.36. The molecule has 1 atom stereocenters. The third-order valence-corrected chi connectivity index (χ3v) is 3.95. The lowest BCUT2D eigenvalue weighted by atomic mass is 10.3. The topological polar surface area (TPSA) is 98.3 Å². The van der Waals surface area contributed by atoms with Crippen LogP contribution in [-0.2, 0) is 14.3 Å². The molecule has 0 heterocycles. The predicted octanol–water partition coefficient (Wildman–Crippen LogP) is 3.74. The van der Waals surface area contributed by atoms with E-state index in [4.69, 9.17) is 18.9 Å². The van der Waals surface area contributed by atoms with Crippen molar-refractivity contribution in [1.29, 1.82) is 0 Å². The van der Waals surface area contributed by atoms with Crippen LogP contribution in [0.4, 0.5) is 11.4 Å². The molecule has 8 nitrogen and oxygen atoms in total. The van der Waals surface area contributed by atoms with Crippen LogP contribution in [0.2, 0.25) is 0 Å². The van der Waals surface area contributed by atoms with Gasteiger partial charge in [0.05, 0.1) is 25.1 Å². The number of aromatic hydroxyl groups is 1. The number of phenolic OH excluding ortho intramolecular Hbond substituents is 1. The Bertz CT molecular complexity index is 838. The van der Waals surface area contributed by atoms with Crippen molar-refractivity contribution in [2.24, 2.45) is 0 Å². The summed E-state index contributed by atoms with van der Waals surface area (Å²) >= 11 is 0. The molecule has 0 amide bonds. The summed E-state index contributed by atoms with van der Waals surface area (Å²) in [6, 6.07) is 12.0. The van der Waals surface area contributed by atoms with E-state index in [0.29, 0.717) is 29.4 Å². The van der Waals surface area contributed by atoms with Crippen molar-refractivity contribution >= 4 is 17.3 Å². The Morgan fingerprint density at radius 1 is 1.13 bits per heavy atom. The number of hydrazine groups is 1. The van der Waals surface area contributed by atoms with Crippen molar-refractivity contribution in [2.45, 2.75) is 20.0 Å². The summed E-state index contributed by atoms with van der Waals surface area (Å²) in [5, 5.41) is 9.52. The summed E-state index contributed by atoms with van der Waals surface area (Å²) in [7, 11) is 1.53. The molecular weight excluding hydrogens is 388 g/mol. The first-order valence-electron chi connectivity index (χ1n) is 9.49. The molecule has 0 aliphatic carbocycles. The van der Waals surface area contributed by atoms with Crippen LogP contribution in [-0.4, -0.2) is 44.1 Å². The number of benzene rings is 2. The van der Waals surface area contributed by atoms with E-state index in [2.05, 4.69) is 17.4 Å². The Hall–Kier alpha value is -3.39. The summed E-state index contributed by atoms with van der Waals surface area (Å²) in [4.78, 5) is 11.8. The lowest BCUT2D eigenvalue weighted by molar-refractivity contribution is -0.149. The molecule has 0 aliphatic heterocycles. The SMILES string of the molecule is C=C(C)C(=O)OC(COCC)COc1ccc(NNc2ccc(O)cc2OC)cc1. The zero-order chi connectivity index (χ0) is 21.9. The first-order chi connectivity index (χ1) is 14.4. The van der Waals surface area contributed by atoms with E-state index in [1.807, 2.05) is 19.1 Å². The Morgan fingerprint density at radius 2 is 1.87 bits per heavy atom. The van der Waals surface area contributed by atoms with E-state index in [0.717, 1.165) is 5.69 Å². The maximum Gasteiger partial charge on any atom is 0.333 e. The summed E-state index contributed by atoms with van der Waals surface area (Å²) in [5.74, 6) is 0.775. The largest absolute Gasteiger partial charge is 0.508 e. The highest BCUT2D eigenvalue weighted by Crippen LogP contribution is 2.28. The van der Waals surface area contributed by atoms with Gasteiger partial charge in [-0.3, -0.25) is 5.43 Å². The summed E-state index contributed by atoms with van der Waals surface area (Å²) < 4.78 is 21.6. The highest BCUT2D eigenvalue weighted by atomic mass is 16.6. The molecule has 0 spiro atoms. The second-order valence-corrected chi connectivity index (χ2v) is 6.44. The van der Waals surface area contributed by atoms with E-state index in [1.54, 1.807) is 31.2 Å². The summed E-state index contributed by atoms with van der Waals surface area (Å²) in [6.45, 7) is 7.96. The first-order valence-corrected chi connectivity index (χ1v) is 9.49. The molecule has 0 radical (unpaired) electrons. The summed E-state index contributed by atoms with van der Waals surface area (Å²) in [5.41, 5.74) is 7.86. The molecule has 2 aromatic carbocycles. The number of ether oxygens (including phenoxy) is 4. The molecular formula is C22H28N2O6. The number of hydrogen-bond acceptors (Lipinski definition) is 8. The van der Waals surface area contributed by atoms with Gasteiger partial charge in [-0.05, 0) is 50.2 Å². The molecule has 30 heavy (non-hydrogen) atoms. The van der Waals surface area contributed by atoms with E-state index in [9.17, 15) is 9.90 Å². The highest BCUT2D eigenvalue weighted by Gasteiger charge is 2.16. The minimum absolute atomic E-state index is 0.121. The highest BCUT2D eigenvalue weighted by molar-refractivity contribution is 5.87. The van der Waals surface area contributed by atoms with Gasteiger partial charge in [0.1, 0.15) is 23.9 Å². The van der Waals surface area contributed by atoms with Crippen LogP contribution in [0.15, 0.2) is 54.6 Å². The van der Waals surface area contributed by atoms with E-state index < -0.39 is 12.1 Å². The van der Waals surface area contributed by atoms with Crippen LogP contribution in [0.25, 0.3) is 0 Å². The number of phenols is 1. The van der Waals surface area contributed by atoms with Crippen LogP contribution in [0.5, 0.6) is 17.2 Å². The molecule has 0 fully saturated rings. The molecule has 0 saturated carbocycles. The fraction of sp³-hybridized carbons (Fsp3) is 0.318. The Kier molecular flexibility index (Phi) is 8.83. The molecule has 1 unspecified atom stereocenters. The van der Waals surface area contributed by atoms with Crippen LogP contribution in [0.3, 0.4) is 0 Å². The second-order valence-electron chi connectivity index (χ2n) is 6.44. The average molecular weight is 416 g/mol. The van der Waals surface area contributed by atoms with Crippen molar-refractivity contribution < 1.29 is 28.8 Å². The maximum atomic E-state index is 11.8. The van der Waals surface area contributed by atoms with Crippen molar-refractivity contribution in [3.8, 4) is 17.2 Å². The minimum Gasteiger partial charge on any atom is -0.508 e. The molecule has 3 N–H and O–H groups in total. The fourth-order valence-electron chi connectivity index (χ4n) is 2.36. The molecule has 0 saturated heterocycles. The quantitative estimate of drug-likeness (QED) is 0.208. The second kappa shape index (κ2) is 11.6. The van der Waals surface area contributed by atoms with Gasteiger partial charge in [0, 0.05) is 18.2 Å². The standard InChI is InChI=1S/C22H28N2O6/c1-5-28-13-19(30-22(26)15(2)3)14-29-18-9-6-16(7-10-18)23-24-20-11-8-17(25)12-21(20)27-4/h6-12,19,23-25H,2,5,13-14H2,1,3-4H3. The van der Waals surface area contributed by atoms with Gasteiger partial charge in [-0.25, -0.2) is 4.79 Å². The summed E-state index contributed by atoms with van der Waals surface area (Å²) in [6.07, 6.45) is -0.532. The van der Waals surface area contributed by atoms with Gasteiger partial charge in [0.15, 0.2) is 6.10 Å². The van der Waals surface area contributed by atoms with Gasteiger partial charge >= 0.3 is 5.97 Å². The molecule has 0 aliphatic rings. The van der Waals surface area contributed by atoms with E-state index in [1.165, 1.54) is 13.2 Å². The van der Waals surface area contributed by atoms with Crippen molar-refractivity contribution in [2.75, 3.05) is 37.8 Å². The van der Waals surface area contributed by atoms with Crippen molar-refractivity contribution in [1.82, 2.24) is 0 Å². The van der Waals surface area contributed by atoms with Crippen molar-refractivity contribution in [3.63, 3.8) is 0 Å². The average Bonchev–Trinajstić information content (AvgIpc) is 2.75. The van der Waals surface area contributed by atoms with Gasteiger partial charge in [-0.1, -0.05) is 6.58 Å². The Morgan fingerprint density at radius 3 is 2.50 bits per heavy atom. The van der Waals surface area contributed by atoms with E-state index >= 15 is 0 Å². The monoisotopic (exact) mass is 416 g/mol. The number of nitrogens with one attached hydrogen (secondary N) is 2. The number of carbonyl (C=O) groups excluding carboxylic acids is 1. The van der Waals surface area contributed by atoms with Gasteiger partial charge < -0.3 is 29.5 Å².